The monoisotopic (exact) mass is 344 g/mol. The van der Waals surface area contributed by atoms with E-state index in [0.29, 0.717) is 17.1 Å². The number of benzene rings is 2. The molecule has 0 saturated heterocycles. The molecule has 1 amide bonds. The first-order valence-corrected chi connectivity index (χ1v) is 8.08. The highest BCUT2D eigenvalue weighted by molar-refractivity contribution is 6.04. The number of carbonyl (C=O) groups excluding carboxylic acids is 1. The van der Waals surface area contributed by atoms with E-state index in [4.69, 9.17) is 0 Å². The van der Waals surface area contributed by atoms with Crippen LogP contribution in [-0.4, -0.2) is 30.7 Å². The topological polar surface area (TPSA) is 77.6 Å². The summed E-state index contributed by atoms with van der Waals surface area (Å²) < 4.78 is 3.58. The van der Waals surface area contributed by atoms with E-state index in [-0.39, 0.29) is 5.91 Å². The molecule has 0 fully saturated rings. The van der Waals surface area contributed by atoms with Crippen molar-refractivity contribution in [1.29, 1.82) is 0 Å². The molecular weight excluding hydrogens is 328 g/mol. The van der Waals surface area contributed by atoms with Crippen LogP contribution in [0.3, 0.4) is 0 Å². The van der Waals surface area contributed by atoms with E-state index in [1.165, 1.54) is 0 Å². The molecule has 0 radical (unpaired) electrons. The molecule has 0 saturated carbocycles. The SMILES string of the molecule is Cn1nnnc1-c1ccc(NC(=O)c2ccc(-n3cccc3)cc2)cc1. The van der Waals surface area contributed by atoms with Crippen molar-refractivity contribution in [1.82, 2.24) is 24.8 Å². The Bertz CT molecular complexity index is 1020. The minimum Gasteiger partial charge on any atom is -0.324 e. The van der Waals surface area contributed by atoms with Gasteiger partial charge in [-0.1, -0.05) is 0 Å². The van der Waals surface area contributed by atoms with Gasteiger partial charge in [0, 0.05) is 41.9 Å². The lowest BCUT2D eigenvalue weighted by molar-refractivity contribution is 0.102. The van der Waals surface area contributed by atoms with Crippen molar-refractivity contribution in [2.24, 2.45) is 7.05 Å². The van der Waals surface area contributed by atoms with Crippen LogP contribution >= 0.6 is 0 Å². The maximum atomic E-state index is 12.4. The standard InChI is InChI=1S/C19H16N6O/c1-24-18(21-22-23-24)14-4-8-16(9-5-14)20-19(26)15-6-10-17(11-7-15)25-12-2-3-13-25/h2-13H,1H3,(H,20,26). The molecule has 7 nitrogen and oxygen atoms in total. The van der Waals surface area contributed by atoms with Crippen LogP contribution in [0.15, 0.2) is 73.1 Å². The van der Waals surface area contributed by atoms with Gasteiger partial charge in [-0.25, -0.2) is 4.68 Å². The van der Waals surface area contributed by atoms with Crippen LogP contribution in [0.1, 0.15) is 10.4 Å². The number of anilines is 1. The predicted octanol–water partition coefficient (Wildman–Crippen LogP) is 2.92. The quantitative estimate of drug-likeness (QED) is 0.617. The fourth-order valence-corrected chi connectivity index (χ4v) is 2.67. The fourth-order valence-electron chi connectivity index (χ4n) is 2.67. The van der Waals surface area contributed by atoms with Gasteiger partial charge in [0.05, 0.1) is 0 Å². The number of hydrogen-bond donors (Lipinski definition) is 1. The van der Waals surface area contributed by atoms with Crippen LogP contribution in [0.4, 0.5) is 5.69 Å². The van der Waals surface area contributed by atoms with Gasteiger partial charge in [0.2, 0.25) is 0 Å². The first-order chi connectivity index (χ1) is 12.7. The van der Waals surface area contributed by atoms with Crippen molar-refractivity contribution >= 4 is 11.6 Å². The van der Waals surface area contributed by atoms with Gasteiger partial charge in [0.15, 0.2) is 5.82 Å². The zero-order chi connectivity index (χ0) is 17.9. The molecule has 0 spiro atoms. The normalized spacial score (nSPS) is 10.7. The molecule has 1 N–H and O–H groups in total. The summed E-state index contributed by atoms with van der Waals surface area (Å²) in [6.07, 6.45) is 3.92. The van der Waals surface area contributed by atoms with E-state index < -0.39 is 0 Å². The Hall–Kier alpha value is -3.74. The number of nitrogens with one attached hydrogen (secondary N) is 1. The summed E-state index contributed by atoms with van der Waals surface area (Å²) >= 11 is 0. The maximum absolute atomic E-state index is 12.4. The first kappa shape index (κ1) is 15.8. The Labute approximate surface area is 149 Å². The first-order valence-electron chi connectivity index (χ1n) is 8.08. The van der Waals surface area contributed by atoms with Crippen LogP contribution in [-0.2, 0) is 7.05 Å². The average molecular weight is 344 g/mol. The highest BCUT2D eigenvalue weighted by atomic mass is 16.1. The molecule has 128 valence electrons. The molecule has 4 rings (SSSR count). The van der Waals surface area contributed by atoms with Crippen molar-refractivity contribution in [3.63, 3.8) is 0 Å². The zero-order valence-corrected chi connectivity index (χ0v) is 14.1. The van der Waals surface area contributed by atoms with E-state index >= 15 is 0 Å². The van der Waals surface area contributed by atoms with Crippen LogP contribution in [0.5, 0.6) is 0 Å². The second-order valence-electron chi connectivity index (χ2n) is 5.79. The summed E-state index contributed by atoms with van der Waals surface area (Å²) in [7, 11) is 1.78. The van der Waals surface area contributed by atoms with Gasteiger partial charge in [0.1, 0.15) is 0 Å². The highest BCUT2D eigenvalue weighted by Crippen LogP contribution is 2.19. The van der Waals surface area contributed by atoms with E-state index in [9.17, 15) is 4.79 Å². The summed E-state index contributed by atoms with van der Waals surface area (Å²) in [5, 5.41) is 14.3. The number of tetrazole rings is 1. The summed E-state index contributed by atoms with van der Waals surface area (Å²) in [4.78, 5) is 12.4. The number of nitrogens with zero attached hydrogens (tertiary/aromatic N) is 5. The van der Waals surface area contributed by atoms with Crippen molar-refractivity contribution < 1.29 is 4.79 Å². The molecule has 0 aliphatic heterocycles. The molecule has 0 aliphatic rings. The van der Waals surface area contributed by atoms with Gasteiger partial charge in [0.25, 0.3) is 5.91 Å². The van der Waals surface area contributed by atoms with Gasteiger partial charge < -0.3 is 9.88 Å². The maximum Gasteiger partial charge on any atom is 0.255 e. The Morgan fingerprint density at radius 1 is 0.962 bits per heavy atom. The van der Waals surface area contributed by atoms with Crippen LogP contribution in [0, 0.1) is 0 Å². The second kappa shape index (κ2) is 6.64. The van der Waals surface area contributed by atoms with Crippen molar-refractivity contribution in [2.45, 2.75) is 0 Å². The molecule has 7 heteroatoms. The largest absolute Gasteiger partial charge is 0.324 e. The molecule has 4 aromatic rings. The molecule has 0 aliphatic carbocycles. The third kappa shape index (κ3) is 3.10. The minimum absolute atomic E-state index is 0.155. The highest BCUT2D eigenvalue weighted by Gasteiger charge is 2.08. The lowest BCUT2D eigenvalue weighted by Gasteiger charge is -2.08. The zero-order valence-electron chi connectivity index (χ0n) is 14.1. The molecule has 26 heavy (non-hydrogen) atoms. The Morgan fingerprint density at radius 3 is 2.27 bits per heavy atom. The average Bonchev–Trinajstić information content (AvgIpc) is 3.34. The molecule has 0 atom stereocenters. The molecular formula is C19H16N6O. The molecule has 2 aromatic heterocycles. The number of aryl methyl sites for hydroxylation is 1. The van der Waals surface area contributed by atoms with E-state index in [2.05, 4.69) is 20.8 Å². The number of carbonyl (C=O) groups is 1. The van der Waals surface area contributed by atoms with Crippen LogP contribution < -0.4 is 5.32 Å². The summed E-state index contributed by atoms with van der Waals surface area (Å²) in [5.74, 6) is 0.514. The summed E-state index contributed by atoms with van der Waals surface area (Å²) in [6.45, 7) is 0. The Balaban J connectivity index is 1.47. The third-order valence-electron chi connectivity index (χ3n) is 4.05. The lowest BCUT2D eigenvalue weighted by Crippen LogP contribution is -2.11. The number of hydrogen-bond acceptors (Lipinski definition) is 4. The van der Waals surface area contributed by atoms with Gasteiger partial charge in [-0.3, -0.25) is 4.79 Å². The van der Waals surface area contributed by atoms with Gasteiger partial charge >= 0.3 is 0 Å². The predicted molar refractivity (Wildman–Crippen MR) is 98.0 cm³/mol. The third-order valence-corrected chi connectivity index (χ3v) is 4.05. The van der Waals surface area contributed by atoms with Gasteiger partial charge in [-0.15, -0.1) is 5.10 Å². The van der Waals surface area contributed by atoms with Crippen molar-refractivity contribution in [3.05, 3.63) is 78.6 Å². The van der Waals surface area contributed by atoms with E-state index in [0.717, 1.165) is 11.3 Å². The lowest BCUT2D eigenvalue weighted by atomic mass is 10.1. The fraction of sp³-hybridized carbons (Fsp3) is 0.0526. The Kier molecular flexibility index (Phi) is 4.03. The number of rotatable bonds is 4. The number of aromatic nitrogens is 5. The van der Waals surface area contributed by atoms with Crippen LogP contribution in [0.2, 0.25) is 0 Å². The summed E-state index contributed by atoms with van der Waals surface area (Å²) in [5.41, 5.74) is 3.20. The second-order valence-corrected chi connectivity index (χ2v) is 5.79. The molecule has 2 heterocycles. The van der Waals surface area contributed by atoms with Crippen LogP contribution in [0.25, 0.3) is 17.1 Å². The van der Waals surface area contributed by atoms with Gasteiger partial charge in [-0.05, 0) is 71.1 Å². The molecule has 2 aromatic carbocycles. The van der Waals surface area contributed by atoms with Crippen molar-refractivity contribution in [2.75, 3.05) is 5.32 Å². The summed E-state index contributed by atoms with van der Waals surface area (Å²) in [6, 6.07) is 18.8. The Morgan fingerprint density at radius 2 is 1.65 bits per heavy atom. The number of amides is 1. The smallest absolute Gasteiger partial charge is 0.255 e. The van der Waals surface area contributed by atoms with Crippen molar-refractivity contribution in [3.8, 4) is 17.1 Å². The van der Waals surface area contributed by atoms with E-state index in [1.807, 2.05) is 77.6 Å². The minimum atomic E-state index is -0.155. The van der Waals surface area contributed by atoms with Gasteiger partial charge in [-0.2, -0.15) is 0 Å². The molecule has 0 bridgehead atoms. The molecule has 0 unspecified atom stereocenters. The van der Waals surface area contributed by atoms with E-state index in [1.54, 1.807) is 11.7 Å².